The van der Waals surface area contributed by atoms with E-state index in [1.54, 1.807) is 14.2 Å². The van der Waals surface area contributed by atoms with E-state index in [1.807, 2.05) is 7.05 Å². The van der Waals surface area contributed by atoms with E-state index in [4.69, 9.17) is 5.73 Å². The SMILES string of the molecule is CNC1CC1CCN.CO[SiH2]OC. The van der Waals surface area contributed by atoms with Gasteiger partial charge in [-0.2, -0.15) is 0 Å². The van der Waals surface area contributed by atoms with Crippen LogP contribution in [0, 0.1) is 5.92 Å². The van der Waals surface area contributed by atoms with Gasteiger partial charge in [-0.1, -0.05) is 0 Å². The van der Waals surface area contributed by atoms with Crippen molar-refractivity contribution >= 4 is 10.0 Å². The van der Waals surface area contributed by atoms with E-state index in [1.165, 1.54) is 12.8 Å². The Kier molecular flexibility index (Phi) is 8.68. The molecule has 0 aromatic rings. The second kappa shape index (κ2) is 8.65. The highest BCUT2D eigenvalue weighted by molar-refractivity contribution is 6.17. The molecule has 1 saturated carbocycles. The molecule has 13 heavy (non-hydrogen) atoms. The average Bonchev–Trinajstić information content (AvgIpc) is 2.87. The molecule has 1 rings (SSSR count). The van der Waals surface area contributed by atoms with Crippen LogP contribution in [0.3, 0.4) is 0 Å². The van der Waals surface area contributed by atoms with E-state index >= 15 is 0 Å². The van der Waals surface area contributed by atoms with Gasteiger partial charge in [-0.3, -0.25) is 0 Å². The lowest BCUT2D eigenvalue weighted by atomic mass is 10.3. The van der Waals surface area contributed by atoms with E-state index < -0.39 is 10.0 Å². The van der Waals surface area contributed by atoms with Crippen LogP contribution in [-0.2, 0) is 8.85 Å². The summed E-state index contributed by atoms with van der Waals surface area (Å²) < 4.78 is 9.22. The Morgan fingerprint density at radius 3 is 2.31 bits per heavy atom. The molecule has 0 aromatic carbocycles. The standard InChI is InChI=1S/C6H14N2.C2H8O2Si/c1-8-6-4-5(6)2-3-7;1-3-5-4-2/h5-6,8H,2-4,7H2,1H3;5H2,1-2H3. The molecule has 0 radical (unpaired) electrons. The molecular weight excluding hydrogens is 184 g/mol. The van der Waals surface area contributed by atoms with Crippen molar-refractivity contribution in [3.05, 3.63) is 0 Å². The van der Waals surface area contributed by atoms with E-state index in [2.05, 4.69) is 14.2 Å². The highest BCUT2D eigenvalue weighted by atomic mass is 28.3. The third kappa shape index (κ3) is 7.15. The molecule has 80 valence electrons. The second-order valence-corrected chi connectivity index (χ2v) is 4.55. The van der Waals surface area contributed by atoms with Crippen molar-refractivity contribution in [2.24, 2.45) is 11.7 Å². The fraction of sp³-hybridized carbons (Fsp3) is 1.00. The van der Waals surface area contributed by atoms with Crippen molar-refractivity contribution in [1.29, 1.82) is 0 Å². The molecule has 0 amide bonds. The Labute approximate surface area is 83.2 Å². The first-order valence-electron chi connectivity index (χ1n) is 4.65. The Bertz CT molecular complexity index is 114. The molecule has 0 saturated heterocycles. The van der Waals surface area contributed by atoms with Gasteiger partial charge in [0.25, 0.3) is 0 Å². The molecule has 0 aliphatic heterocycles. The first kappa shape index (κ1) is 13.1. The summed E-state index contributed by atoms with van der Waals surface area (Å²) in [5, 5.41) is 3.22. The summed E-state index contributed by atoms with van der Waals surface area (Å²) in [6.07, 6.45) is 2.54. The number of nitrogens with two attached hydrogens (primary N) is 1. The Hall–Kier alpha value is 0.0569. The van der Waals surface area contributed by atoms with E-state index in [9.17, 15) is 0 Å². The number of rotatable bonds is 5. The molecule has 0 bridgehead atoms. The maximum absolute atomic E-state index is 5.36. The van der Waals surface area contributed by atoms with Gasteiger partial charge < -0.3 is 19.9 Å². The maximum Gasteiger partial charge on any atom is 0.303 e. The van der Waals surface area contributed by atoms with Crippen molar-refractivity contribution < 1.29 is 8.85 Å². The molecule has 3 N–H and O–H groups in total. The van der Waals surface area contributed by atoms with Crippen molar-refractivity contribution in [1.82, 2.24) is 5.32 Å². The lowest BCUT2D eigenvalue weighted by molar-refractivity contribution is 0.309. The van der Waals surface area contributed by atoms with Gasteiger partial charge in [0.2, 0.25) is 0 Å². The zero-order chi connectivity index (χ0) is 10.1. The summed E-state index contributed by atoms with van der Waals surface area (Å²) in [6.45, 7) is 0.850. The summed E-state index contributed by atoms with van der Waals surface area (Å²) in [5.74, 6) is 0.894. The number of nitrogens with one attached hydrogen (secondary N) is 1. The van der Waals surface area contributed by atoms with Crippen LogP contribution in [0.4, 0.5) is 0 Å². The molecule has 0 spiro atoms. The molecule has 1 aliphatic carbocycles. The lowest BCUT2D eigenvalue weighted by Crippen LogP contribution is -2.12. The minimum Gasteiger partial charge on any atom is -0.402 e. The van der Waals surface area contributed by atoms with Crippen LogP contribution < -0.4 is 11.1 Å². The van der Waals surface area contributed by atoms with Crippen LogP contribution in [0.2, 0.25) is 0 Å². The smallest absolute Gasteiger partial charge is 0.303 e. The summed E-state index contributed by atoms with van der Waals surface area (Å²) in [6, 6.07) is 0.790. The van der Waals surface area contributed by atoms with Gasteiger partial charge >= 0.3 is 10.0 Å². The van der Waals surface area contributed by atoms with Gasteiger partial charge in [-0.25, -0.2) is 0 Å². The molecule has 2 atom stereocenters. The Morgan fingerprint density at radius 2 is 2.08 bits per heavy atom. The van der Waals surface area contributed by atoms with Gasteiger partial charge in [-0.15, -0.1) is 0 Å². The highest BCUT2D eigenvalue weighted by Crippen LogP contribution is 2.32. The number of hydrogen-bond acceptors (Lipinski definition) is 4. The molecular formula is C8H22N2O2Si. The molecule has 1 fully saturated rings. The summed E-state index contributed by atoms with van der Waals surface area (Å²) in [4.78, 5) is 0. The van der Waals surface area contributed by atoms with Crippen LogP contribution in [0.1, 0.15) is 12.8 Å². The predicted octanol–water partition coefficient (Wildman–Crippen LogP) is -0.779. The Morgan fingerprint density at radius 1 is 1.46 bits per heavy atom. The van der Waals surface area contributed by atoms with Crippen LogP contribution in [0.15, 0.2) is 0 Å². The first-order chi connectivity index (χ1) is 6.29. The van der Waals surface area contributed by atoms with Gasteiger partial charge in [0, 0.05) is 20.3 Å². The fourth-order valence-corrected chi connectivity index (χ4v) is 1.49. The monoisotopic (exact) mass is 206 g/mol. The fourth-order valence-electron chi connectivity index (χ4n) is 1.25. The van der Waals surface area contributed by atoms with Crippen LogP contribution in [0.25, 0.3) is 0 Å². The topological polar surface area (TPSA) is 56.5 Å². The van der Waals surface area contributed by atoms with E-state index in [0.717, 1.165) is 18.5 Å². The molecule has 4 nitrogen and oxygen atoms in total. The zero-order valence-corrected chi connectivity index (χ0v) is 10.3. The van der Waals surface area contributed by atoms with E-state index in [0.29, 0.717) is 0 Å². The summed E-state index contributed by atoms with van der Waals surface area (Å²) in [5.41, 5.74) is 5.36. The van der Waals surface area contributed by atoms with Crippen molar-refractivity contribution in [3.63, 3.8) is 0 Å². The average molecular weight is 206 g/mol. The lowest BCUT2D eigenvalue weighted by Gasteiger charge is -1.92. The second-order valence-electron chi connectivity index (χ2n) is 3.16. The maximum atomic E-state index is 5.36. The molecule has 2 unspecified atom stereocenters. The van der Waals surface area contributed by atoms with Crippen molar-refractivity contribution in [2.75, 3.05) is 27.8 Å². The largest absolute Gasteiger partial charge is 0.402 e. The molecule has 5 heteroatoms. The predicted molar refractivity (Wildman–Crippen MR) is 57.2 cm³/mol. The van der Waals surface area contributed by atoms with Crippen LogP contribution >= 0.6 is 0 Å². The summed E-state index contributed by atoms with van der Waals surface area (Å²) in [7, 11) is 4.74. The third-order valence-electron chi connectivity index (χ3n) is 2.07. The molecule has 0 aromatic heterocycles. The quantitative estimate of drug-likeness (QED) is 0.580. The summed E-state index contributed by atoms with van der Waals surface area (Å²) >= 11 is 0. The Balaban J connectivity index is 0.000000252. The van der Waals surface area contributed by atoms with Crippen molar-refractivity contribution in [3.8, 4) is 0 Å². The van der Waals surface area contributed by atoms with Crippen LogP contribution in [0.5, 0.6) is 0 Å². The van der Waals surface area contributed by atoms with Crippen molar-refractivity contribution in [2.45, 2.75) is 18.9 Å². The normalized spacial score (nSPS) is 24.9. The van der Waals surface area contributed by atoms with Crippen LogP contribution in [-0.4, -0.2) is 43.9 Å². The molecule has 1 aliphatic rings. The van der Waals surface area contributed by atoms with Gasteiger partial charge in [0.1, 0.15) is 0 Å². The minimum absolute atomic E-state index is 0.568. The van der Waals surface area contributed by atoms with Gasteiger partial charge in [-0.05, 0) is 32.4 Å². The minimum atomic E-state index is -0.568. The van der Waals surface area contributed by atoms with E-state index in [-0.39, 0.29) is 0 Å². The van der Waals surface area contributed by atoms with Gasteiger partial charge in [0.05, 0.1) is 0 Å². The highest BCUT2D eigenvalue weighted by Gasteiger charge is 2.34. The zero-order valence-electron chi connectivity index (χ0n) is 8.88. The van der Waals surface area contributed by atoms with Gasteiger partial charge in [0.15, 0.2) is 0 Å². The molecule has 0 heterocycles. The third-order valence-corrected chi connectivity index (χ3v) is 2.54. The first-order valence-corrected chi connectivity index (χ1v) is 5.80. The number of hydrogen-bond donors (Lipinski definition) is 2.